The summed E-state index contributed by atoms with van der Waals surface area (Å²) in [5, 5.41) is 11.6. The second kappa shape index (κ2) is 6.29. The Morgan fingerprint density at radius 1 is 1.22 bits per heavy atom. The van der Waals surface area contributed by atoms with Crippen molar-refractivity contribution in [3.05, 3.63) is 29.8 Å². The Labute approximate surface area is 135 Å². The van der Waals surface area contributed by atoms with Crippen molar-refractivity contribution in [3.8, 4) is 6.07 Å². The molecule has 6 nitrogen and oxygen atoms in total. The smallest absolute Gasteiger partial charge is 0.322 e. The number of hydrogen-bond acceptors (Lipinski definition) is 3. The van der Waals surface area contributed by atoms with E-state index in [1.807, 2.05) is 6.07 Å². The number of fused-ring (bicyclic) bond motifs is 1. The number of nitrogens with one attached hydrogen (secondary N) is 1. The van der Waals surface area contributed by atoms with Gasteiger partial charge in [-0.3, -0.25) is 4.79 Å². The van der Waals surface area contributed by atoms with Crippen LogP contribution >= 0.6 is 0 Å². The van der Waals surface area contributed by atoms with Crippen molar-refractivity contribution in [2.75, 3.05) is 5.32 Å². The van der Waals surface area contributed by atoms with E-state index in [9.17, 15) is 9.59 Å². The molecule has 120 valence electrons. The van der Waals surface area contributed by atoms with Gasteiger partial charge in [-0.25, -0.2) is 4.79 Å². The van der Waals surface area contributed by atoms with Crippen LogP contribution in [0.4, 0.5) is 10.5 Å². The van der Waals surface area contributed by atoms with E-state index < -0.39 is 11.9 Å². The highest BCUT2D eigenvalue weighted by Gasteiger charge is 2.46. The van der Waals surface area contributed by atoms with E-state index in [2.05, 4.69) is 5.32 Å². The summed E-state index contributed by atoms with van der Waals surface area (Å²) in [6, 6.07) is 7.99. The standard InChI is InChI=1S/C17H20N4O2/c18-10-11-5-7-13(8-6-11)20-17(23)21-14-4-2-1-3-12(14)9-15(21)16(19)22/h5-8,12,14-15H,1-4,9H2,(H2,19,22)(H,20,23)/t12-,14+,15+/m1/s1. The second-order valence-electron chi connectivity index (χ2n) is 6.29. The Morgan fingerprint density at radius 2 is 1.91 bits per heavy atom. The molecule has 3 atom stereocenters. The molecule has 1 aromatic rings. The van der Waals surface area contributed by atoms with E-state index in [0.29, 0.717) is 23.6 Å². The first-order valence-corrected chi connectivity index (χ1v) is 7.99. The molecular weight excluding hydrogens is 292 g/mol. The lowest BCUT2D eigenvalue weighted by atomic mass is 9.85. The number of primary amides is 1. The van der Waals surface area contributed by atoms with Crippen LogP contribution in [0.25, 0.3) is 0 Å². The van der Waals surface area contributed by atoms with Gasteiger partial charge in [-0.15, -0.1) is 0 Å². The predicted octanol–water partition coefficient (Wildman–Crippen LogP) is 2.21. The summed E-state index contributed by atoms with van der Waals surface area (Å²) in [6.07, 6.45) is 4.87. The molecular formula is C17H20N4O2. The van der Waals surface area contributed by atoms with E-state index >= 15 is 0 Å². The Kier molecular flexibility index (Phi) is 4.20. The summed E-state index contributed by atoms with van der Waals surface area (Å²) in [7, 11) is 0. The third kappa shape index (κ3) is 3.00. The van der Waals surface area contributed by atoms with Gasteiger partial charge in [-0.05, 0) is 49.4 Å². The van der Waals surface area contributed by atoms with Gasteiger partial charge in [0.25, 0.3) is 0 Å². The van der Waals surface area contributed by atoms with Crippen molar-refractivity contribution in [2.45, 2.75) is 44.2 Å². The van der Waals surface area contributed by atoms with Gasteiger partial charge in [0.1, 0.15) is 6.04 Å². The number of rotatable bonds is 2. The fourth-order valence-corrected chi connectivity index (χ4v) is 3.82. The fraction of sp³-hybridized carbons (Fsp3) is 0.471. The second-order valence-corrected chi connectivity index (χ2v) is 6.29. The molecule has 2 aliphatic rings. The molecule has 0 aromatic heterocycles. The number of carbonyl (C=O) groups excluding carboxylic acids is 2. The molecule has 23 heavy (non-hydrogen) atoms. The van der Waals surface area contributed by atoms with Gasteiger partial charge < -0.3 is 16.0 Å². The highest BCUT2D eigenvalue weighted by Crippen LogP contribution is 2.39. The Morgan fingerprint density at radius 3 is 2.57 bits per heavy atom. The van der Waals surface area contributed by atoms with Crippen LogP contribution in [0.3, 0.4) is 0 Å². The third-order valence-corrected chi connectivity index (χ3v) is 4.92. The number of likely N-dealkylation sites (tertiary alicyclic amines) is 1. The third-order valence-electron chi connectivity index (χ3n) is 4.92. The summed E-state index contributed by atoms with van der Waals surface area (Å²) < 4.78 is 0. The predicted molar refractivity (Wildman–Crippen MR) is 85.4 cm³/mol. The highest BCUT2D eigenvalue weighted by molar-refractivity contribution is 5.94. The lowest BCUT2D eigenvalue weighted by Gasteiger charge is -2.33. The lowest BCUT2D eigenvalue weighted by molar-refractivity contribution is -0.121. The van der Waals surface area contributed by atoms with E-state index in [4.69, 9.17) is 11.0 Å². The van der Waals surface area contributed by atoms with Crippen LogP contribution in [-0.2, 0) is 4.79 Å². The lowest BCUT2D eigenvalue weighted by Crippen LogP contribution is -2.49. The van der Waals surface area contributed by atoms with Crippen molar-refractivity contribution in [3.63, 3.8) is 0 Å². The zero-order valence-corrected chi connectivity index (χ0v) is 12.9. The zero-order valence-electron chi connectivity index (χ0n) is 12.9. The maximum atomic E-state index is 12.7. The summed E-state index contributed by atoms with van der Waals surface area (Å²) in [5.74, 6) is -0.0673. The Hall–Kier alpha value is -2.55. The van der Waals surface area contributed by atoms with Crippen molar-refractivity contribution >= 4 is 17.6 Å². The minimum absolute atomic E-state index is 0.0969. The van der Waals surface area contributed by atoms with Crippen LogP contribution in [-0.4, -0.2) is 28.9 Å². The molecule has 1 saturated carbocycles. The van der Waals surface area contributed by atoms with Gasteiger partial charge in [0.15, 0.2) is 0 Å². The number of benzene rings is 1. The highest BCUT2D eigenvalue weighted by atomic mass is 16.2. The molecule has 0 bridgehead atoms. The summed E-state index contributed by atoms with van der Waals surface area (Å²) in [5.41, 5.74) is 6.66. The number of nitrogens with two attached hydrogens (primary N) is 1. The molecule has 1 saturated heterocycles. The maximum Gasteiger partial charge on any atom is 0.322 e. The number of anilines is 1. The van der Waals surface area contributed by atoms with Crippen molar-refractivity contribution in [1.29, 1.82) is 5.26 Å². The molecule has 1 aliphatic heterocycles. The quantitative estimate of drug-likeness (QED) is 0.875. The molecule has 3 amide bonds. The monoisotopic (exact) mass is 312 g/mol. The summed E-state index contributed by atoms with van der Waals surface area (Å²) >= 11 is 0. The van der Waals surface area contributed by atoms with E-state index in [1.54, 1.807) is 29.2 Å². The van der Waals surface area contributed by atoms with Crippen LogP contribution < -0.4 is 11.1 Å². The minimum Gasteiger partial charge on any atom is -0.368 e. The summed E-state index contributed by atoms with van der Waals surface area (Å²) in [4.78, 5) is 26.1. The first kappa shape index (κ1) is 15.3. The van der Waals surface area contributed by atoms with Crippen LogP contribution in [0.15, 0.2) is 24.3 Å². The van der Waals surface area contributed by atoms with Gasteiger partial charge >= 0.3 is 6.03 Å². The number of urea groups is 1. The molecule has 3 N–H and O–H groups in total. The van der Waals surface area contributed by atoms with Gasteiger partial charge in [0.2, 0.25) is 5.91 Å². The molecule has 6 heteroatoms. The SMILES string of the molecule is N#Cc1ccc(NC(=O)N2[C@H](C(N)=O)C[C@H]3CCCC[C@@H]32)cc1. The molecule has 1 heterocycles. The number of amides is 3. The number of carbonyl (C=O) groups is 2. The first-order chi connectivity index (χ1) is 11.1. The fourth-order valence-electron chi connectivity index (χ4n) is 3.82. The van der Waals surface area contributed by atoms with Gasteiger partial charge in [0.05, 0.1) is 11.6 Å². The molecule has 0 radical (unpaired) electrons. The molecule has 3 rings (SSSR count). The zero-order chi connectivity index (χ0) is 16.4. The van der Waals surface area contributed by atoms with Crippen molar-refractivity contribution < 1.29 is 9.59 Å². The number of nitriles is 1. The number of nitrogens with zero attached hydrogens (tertiary/aromatic N) is 2. The summed E-state index contributed by atoms with van der Waals surface area (Å²) in [6.45, 7) is 0. The Balaban J connectivity index is 1.77. The van der Waals surface area contributed by atoms with Crippen LogP contribution in [0, 0.1) is 17.2 Å². The minimum atomic E-state index is -0.526. The normalized spacial score (nSPS) is 26.2. The average molecular weight is 312 g/mol. The topological polar surface area (TPSA) is 99.2 Å². The van der Waals surface area contributed by atoms with Crippen molar-refractivity contribution in [1.82, 2.24) is 4.90 Å². The van der Waals surface area contributed by atoms with Crippen molar-refractivity contribution in [2.24, 2.45) is 11.7 Å². The van der Waals surface area contributed by atoms with Gasteiger partial charge in [-0.2, -0.15) is 5.26 Å². The van der Waals surface area contributed by atoms with E-state index in [0.717, 1.165) is 25.7 Å². The first-order valence-electron chi connectivity index (χ1n) is 7.99. The molecule has 1 aliphatic carbocycles. The van der Waals surface area contributed by atoms with E-state index in [1.165, 1.54) is 0 Å². The molecule has 1 aromatic carbocycles. The Bertz CT molecular complexity index is 650. The average Bonchev–Trinajstić information content (AvgIpc) is 2.95. The van der Waals surface area contributed by atoms with Gasteiger partial charge in [0, 0.05) is 11.7 Å². The van der Waals surface area contributed by atoms with Crippen LogP contribution in [0.5, 0.6) is 0 Å². The van der Waals surface area contributed by atoms with Gasteiger partial charge in [-0.1, -0.05) is 12.8 Å². The molecule has 0 spiro atoms. The molecule has 2 fully saturated rings. The van der Waals surface area contributed by atoms with Crippen LogP contribution in [0.2, 0.25) is 0 Å². The van der Waals surface area contributed by atoms with Crippen LogP contribution in [0.1, 0.15) is 37.7 Å². The maximum absolute atomic E-state index is 12.7. The van der Waals surface area contributed by atoms with E-state index in [-0.39, 0.29) is 12.1 Å². The number of hydrogen-bond donors (Lipinski definition) is 2. The molecule has 0 unspecified atom stereocenters. The largest absolute Gasteiger partial charge is 0.368 e.